The quantitative estimate of drug-likeness (QED) is 0.490. The summed E-state index contributed by atoms with van der Waals surface area (Å²) in [6.07, 6.45) is 5.34. The molecule has 10 nitrogen and oxygen atoms in total. The second-order valence-electron chi connectivity index (χ2n) is 9.18. The van der Waals surface area contributed by atoms with Crippen LogP contribution in [0.1, 0.15) is 36.1 Å². The lowest BCUT2D eigenvalue weighted by atomic mass is 10.0. The van der Waals surface area contributed by atoms with Gasteiger partial charge in [-0.1, -0.05) is 11.6 Å². The van der Waals surface area contributed by atoms with Gasteiger partial charge < -0.3 is 20.4 Å². The number of imidazole rings is 1. The first-order valence-corrected chi connectivity index (χ1v) is 12.2. The molecule has 0 radical (unpaired) electrons. The predicted molar refractivity (Wildman–Crippen MR) is 134 cm³/mol. The summed E-state index contributed by atoms with van der Waals surface area (Å²) in [4.78, 5) is 13.7. The maximum atomic E-state index is 9.61. The van der Waals surface area contributed by atoms with Gasteiger partial charge in [-0.05, 0) is 57.0 Å². The summed E-state index contributed by atoms with van der Waals surface area (Å²) < 4.78 is 1.47. The fraction of sp³-hybridized carbons (Fsp3) is 0.458. The van der Waals surface area contributed by atoms with E-state index in [2.05, 4.69) is 54.7 Å². The van der Waals surface area contributed by atoms with Gasteiger partial charge in [0, 0.05) is 32.2 Å². The minimum absolute atomic E-state index is 0.274. The molecule has 1 aliphatic carbocycles. The molecule has 0 bridgehead atoms. The molecule has 2 N–H and O–H groups in total. The first kappa shape index (κ1) is 23.3. The first-order valence-electron chi connectivity index (χ1n) is 11.9. The number of nitriles is 2. The van der Waals surface area contributed by atoms with E-state index >= 15 is 0 Å². The van der Waals surface area contributed by atoms with Crippen LogP contribution in [0, 0.1) is 22.7 Å². The minimum atomic E-state index is 0.274. The van der Waals surface area contributed by atoms with E-state index in [4.69, 9.17) is 11.6 Å². The lowest BCUT2D eigenvalue weighted by Gasteiger charge is -2.32. The van der Waals surface area contributed by atoms with Crippen LogP contribution in [-0.4, -0.2) is 75.2 Å². The van der Waals surface area contributed by atoms with E-state index in [1.807, 2.05) is 6.07 Å². The molecule has 1 aliphatic heterocycles. The summed E-state index contributed by atoms with van der Waals surface area (Å²) in [5.74, 6) is 0.835. The Morgan fingerprint density at radius 2 is 1.94 bits per heavy atom. The highest BCUT2D eigenvalue weighted by molar-refractivity contribution is 6.34. The average molecular weight is 491 g/mol. The number of likely N-dealkylation sites (N-methyl/N-ethyl adjacent to an activating group) is 1. The van der Waals surface area contributed by atoms with Crippen molar-refractivity contribution in [2.45, 2.75) is 31.7 Å². The van der Waals surface area contributed by atoms with Crippen molar-refractivity contribution in [3.8, 4) is 12.1 Å². The van der Waals surface area contributed by atoms with Crippen molar-refractivity contribution in [2.75, 3.05) is 50.4 Å². The molecule has 0 amide bonds. The number of halogens is 1. The van der Waals surface area contributed by atoms with Gasteiger partial charge in [0.1, 0.15) is 6.07 Å². The topological polar surface area (TPSA) is 121 Å². The van der Waals surface area contributed by atoms with Gasteiger partial charge in [0.2, 0.25) is 5.95 Å². The molecule has 0 atom stereocenters. The minimum Gasteiger partial charge on any atom is -0.364 e. The Kier molecular flexibility index (Phi) is 6.69. The number of aromatic nitrogens is 4. The Morgan fingerprint density at radius 1 is 1.14 bits per heavy atom. The summed E-state index contributed by atoms with van der Waals surface area (Å²) >= 11 is 6.78. The highest BCUT2D eigenvalue weighted by Gasteiger charge is 2.24. The van der Waals surface area contributed by atoms with E-state index in [1.165, 1.54) is 10.7 Å². The summed E-state index contributed by atoms with van der Waals surface area (Å²) in [5.41, 5.74) is 2.81. The third kappa shape index (κ3) is 5.30. The van der Waals surface area contributed by atoms with E-state index in [-0.39, 0.29) is 5.95 Å². The number of hydrogen-bond donors (Lipinski definition) is 2. The molecule has 2 aliphatic rings. The molecule has 3 aromatic rings. The van der Waals surface area contributed by atoms with E-state index < -0.39 is 0 Å². The van der Waals surface area contributed by atoms with Crippen LogP contribution in [0.25, 0.3) is 5.65 Å². The smallest absolute Gasteiger partial charge is 0.247 e. The number of rotatable bonds is 8. The Labute approximate surface area is 209 Å². The SMILES string of the molecule is CN1CCN(CCCc2cc(C#N)cc(Nc3nc(NC4CC4)c4ncc(C#N)n4n3)c2Cl)CC1. The van der Waals surface area contributed by atoms with Crippen molar-refractivity contribution in [2.24, 2.45) is 0 Å². The summed E-state index contributed by atoms with van der Waals surface area (Å²) in [6, 6.07) is 8.24. The Balaban J connectivity index is 1.38. The fourth-order valence-corrected chi connectivity index (χ4v) is 4.49. The highest BCUT2D eigenvalue weighted by Crippen LogP contribution is 2.32. The van der Waals surface area contributed by atoms with Crippen LogP contribution in [0.15, 0.2) is 18.3 Å². The number of benzene rings is 1. The Bertz CT molecular complexity index is 1310. The van der Waals surface area contributed by atoms with Gasteiger partial charge in [-0.2, -0.15) is 20.0 Å². The third-order valence-corrected chi connectivity index (χ3v) is 6.88. The number of fused-ring (bicyclic) bond motifs is 1. The number of anilines is 3. The zero-order valence-corrected chi connectivity index (χ0v) is 20.4. The van der Waals surface area contributed by atoms with E-state index in [9.17, 15) is 10.5 Å². The van der Waals surface area contributed by atoms with Crippen LogP contribution in [-0.2, 0) is 6.42 Å². The molecule has 3 heterocycles. The van der Waals surface area contributed by atoms with Crippen molar-refractivity contribution < 1.29 is 0 Å². The third-order valence-electron chi connectivity index (χ3n) is 6.43. The van der Waals surface area contributed by atoms with Gasteiger partial charge in [-0.15, -0.1) is 5.10 Å². The number of nitrogens with zero attached hydrogens (tertiary/aromatic N) is 8. The van der Waals surface area contributed by atoms with Crippen molar-refractivity contribution in [1.82, 2.24) is 29.4 Å². The Hall–Kier alpha value is -3.44. The molecular formula is C24H27ClN10. The van der Waals surface area contributed by atoms with Crippen LogP contribution in [0.2, 0.25) is 5.02 Å². The lowest BCUT2D eigenvalue weighted by molar-refractivity contribution is 0.153. The highest BCUT2D eigenvalue weighted by atomic mass is 35.5. The first-order chi connectivity index (χ1) is 17.0. The molecule has 1 saturated carbocycles. The summed E-state index contributed by atoms with van der Waals surface area (Å²) in [6.45, 7) is 5.32. The zero-order valence-electron chi connectivity index (χ0n) is 19.6. The molecule has 2 fully saturated rings. The van der Waals surface area contributed by atoms with Gasteiger partial charge in [0.05, 0.1) is 28.5 Å². The zero-order chi connectivity index (χ0) is 24.4. The molecule has 180 valence electrons. The van der Waals surface area contributed by atoms with Crippen molar-refractivity contribution in [3.05, 3.63) is 40.2 Å². The summed E-state index contributed by atoms with van der Waals surface area (Å²) in [7, 11) is 2.15. The van der Waals surface area contributed by atoms with E-state index in [0.717, 1.165) is 64.0 Å². The van der Waals surface area contributed by atoms with Gasteiger partial charge in [0.25, 0.3) is 0 Å². The second kappa shape index (κ2) is 10.0. The number of nitrogens with one attached hydrogen (secondary N) is 2. The molecule has 1 saturated heterocycles. The van der Waals surface area contributed by atoms with Gasteiger partial charge in [-0.3, -0.25) is 0 Å². The van der Waals surface area contributed by atoms with Gasteiger partial charge in [-0.25, -0.2) is 4.98 Å². The normalized spacial score (nSPS) is 16.7. The van der Waals surface area contributed by atoms with Crippen LogP contribution in [0.4, 0.5) is 17.5 Å². The monoisotopic (exact) mass is 490 g/mol. The van der Waals surface area contributed by atoms with Crippen LogP contribution < -0.4 is 10.6 Å². The molecule has 0 spiro atoms. The van der Waals surface area contributed by atoms with Crippen molar-refractivity contribution in [1.29, 1.82) is 10.5 Å². The van der Waals surface area contributed by atoms with Crippen LogP contribution in [0.5, 0.6) is 0 Å². The van der Waals surface area contributed by atoms with E-state index in [0.29, 0.717) is 39.5 Å². The molecule has 11 heteroatoms. The van der Waals surface area contributed by atoms with Crippen LogP contribution >= 0.6 is 11.6 Å². The molecule has 1 aromatic carbocycles. The number of hydrogen-bond acceptors (Lipinski definition) is 9. The number of piperazine rings is 1. The van der Waals surface area contributed by atoms with Gasteiger partial charge in [0.15, 0.2) is 17.2 Å². The van der Waals surface area contributed by atoms with Gasteiger partial charge >= 0.3 is 0 Å². The molecular weight excluding hydrogens is 464 g/mol. The average Bonchev–Trinajstić information content (AvgIpc) is 3.58. The Morgan fingerprint density at radius 3 is 2.66 bits per heavy atom. The predicted octanol–water partition coefficient (Wildman–Crippen LogP) is 3.02. The van der Waals surface area contributed by atoms with Crippen molar-refractivity contribution in [3.63, 3.8) is 0 Å². The summed E-state index contributed by atoms with van der Waals surface area (Å²) in [5, 5.41) is 30.6. The maximum absolute atomic E-state index is 9.61. The molecule has 0 unspecified atom stereocenters. The molecule has 2 aromatic heterocycles. The largest absolute Gasteiger partial charge is 0.364 e. The van der Waals surface area contributed by atoms with Crippen molar-refractivity contribution >= 4 is 34.7 Å². The van der Waals surface area contributed by atoms with Crippen LogP contribution in [0.3, 0.4) is 0 Å². The second-order valence-corrected chi connectivity index (χ2v) is 9.55. The molecule has 5 rings (SSSR count). The number of aryl methyl sites for hydroxylation is 1. The fourth-order valence-electron chi connectivity index (χ4n) is 4.24. The molecule has 35 heavy (non-hydrogen) atoms. The maximum Gasteiger partial charge on any atom is 0.247 e. The van der Waals surface area contributed by atoms with E-state index in [1.54, 1.807) is 6.07 Å². The lowest BCUT2D eigenvalue weighted by Crippen LogP contribution is -2.44. The standard InChI is InChI=1S/C24H27ClN10/c1-33-7-9-34(10-8-33)6-2-3-17-11-16(13-26)12-20(21(17)25)30-24-31-22(29-18-4-5-18)23-28-15-19(14-27)35(23)32-24/h11-12,15,18H,2-10H2,1H3,(H2,29,30,31,32).